The third kappa shape index (κ3) is 4.49. The summed E-state index contributed by atoms with van der Waals surface area (Å²) in [7, 11) is 0. The number of thioether (sulfide) groups is 1. The van der Waals surface area contributed by atoms with E-state index in [4.69, 9.17) is 9.52 Å². The number of benzene rings is 2. The summed E-state index contributed by atoms with van der Waals surface area (Å²) in [6, 6.07) is 19.6. The van der Waals surface area contributed by atoms with E-state index in [0.29, 0.717) is 11.0 Å². The summed E-state index contributed by atoms with van der Waals surface area (Å²) >= 11 is 1.23. The van der Waals surface area contributed by atoms with Crippen LogP contribution in [-0.2, 0) is 4.79 Å². The highest BCUT2D eigenvalue weighted by Crippen LogP contribution is 2.35. The standard InChI is InChI=1S/C19H18N2O3S/c22-12-11-20-16(23)13-25-19-21-17(14-7-3-1-4-8-14)18(24-19)15-9-5-2-6-10-15/h1-10,22H,11-13H2,(H,20,23). The van der Waals surface area contributed by atoms with E-state index in [0.717, 1.165) is 16.8 Å². The molecule has 6 heteroatoms. The average molecular weight is 354 g/mol. The lowest BCUT2D eigenvalue weighted by atomic mass is 10.1. The molecule has 0 atom stereocenters. The summed E-state index contributed by atoms with van der Waals surface area (Å²) in [5.74, 6) is 0.702. The fourth-order valence-electron chi connectivity index (χ4n) is 2.31. The zero-order valence-corrected chi connectivity index (χ0v) is 14.3. The Labute approximate surface area is 150 Å². The van der Waals surface area contributed by atoms with Gasteiger partial charge in [0.2, 0.25) is 5.91 Å². The fraction of sp³-hybridized carbons (Fsp3) is 0.158. The van der Waals surface area contributed by atoms with E-state index in [1.54, 1.807) is 0 Å². The summed E-state index contributed by atoms with van der Waals surface area (Å²) < 4.78 is 5.93. The maximum absolute atomic E-state index is 11.7. The van der Waals surface area contributed by atoms with Crippen molar-refractivity contribution in [1.29, 1.82) is 0 Å². The van der Waals surface area contributed by atoms with Crippen molar-refractivity contribution in [2.24, 2.45) is 0 Å². The minimum atomic E-state index is -0.167. The van der Waals surface area contributed by atoms with Gasteiger partial charge in [-0.3, -0.25) is 4.79 Å². The summed E-state index contributed by atoms with van der Waals surface area (Å²) in [5, 5.41) is 11.8. The number of aliphatic hydroxyl groups excluding tert-OH is 1. The summed E-state index contributed by atoms with van der Waals surface area (Å²) in [6.07, 6.45) is 0. The van der Waals surface area contributed by atoms with E-state index in [1.165, 1.54) is 11.8 Å². The maximum atomic E-state index is 11.7. The molecule has 0 aliphatic heterocycles. The van der Waals surface area contributed by atoms with Crippen LogP contribution in [0.2, 0.25) is 0 Å². The van der Waals surface area contributed by atoms with Gasteiger partial charge < -0.3 is 14.8 Å². The second kappa shape index (κ2) is 8.50. The molecule has 0 saturated heterocycles. The molecule has 0 bridgehead atoms. The Morgan fingerprint density at radius 2 is 1.68 bits per heavy atom. The Balaban J connectivity index is 1.86. The van der Waals surface area contributed by atoms with Gasteiger partial charge >= 0.3 is 0 Å². The predicted octanol–water partition coefficient (Wildman–Crippen LogP) is 3.21. The number of aromatic nitrogens is 1. The summed E-state index contributed by atoms with van der Waals surface area (Å²) in [4.78, 5) is 16.3. The molecule has 128 valence electrons. The van der Waals surface area contributed by atoms with Crippen molar-refractivity contribution < 1.29 is 14.3 Å². The van der Waals surface area contributed by atoms with E-state index in [1.807, 2.05) is 60.7 Å². The van der Waals surface area contributed by atoms with Gasteiger partial charge in [-0.2, -0.15) is 0 Å². The first kappa shape index (κ1) is 17.3. The van der Waals surface area contributed by atoms with E-state index in [9.17, 15) is 4.79 Å². The largest absolute Gasteiger partial charge is 0.431 e. The van der Waals surface area contributed by atoms with Crippen LogP contribution in [0.5, 0.6) is 0 Å². The quantitative estimate of drug-likeness (QED) is 0.637. The van der Waals surface area contributed by atoms with Gasteiger partial charge in [-0.05, 0) is 0 Å². The lowest BCUT2D eigenvalue weighted by molar-refractivity contribution is -0.118. The van der Waals surface area contributed by atoms with Crippen LogP contribution in [0.15, 0.2) is 70.3 Å². The SMILES string of the molecule is O=C(CSc1nc(-c2ccccc2)c(-c2ccccc2)o1)NCCO. The summed E-state index contributed by atoms with van der Waals surface area (Å²) in [5.41, 5.74) is 2.65. The number of nitrogens with zero attached hydrogens (tertiary/aromatic N) is 1. The Kier molecular flexibility index (Phi) is 5.87. The van der Waals surface area contributed by atoms with Crippen molar-refractivity contribution >= 4 is 17.7 Å². The van der Waals surface area contributed by atoms with Gasteiger partial charge in [0.15, 0.2) is 5.76 Å². The Bertz CT molecular complexity index is 762. The minimum Gasteiger partial charge on any atom is -0.431 e. The molecule has 25 heavy (non-hydrogen) atoms. The van der Waals surface area contributed by atoms with Crippen LogP contribution in [0.3, 0.4) is 0 Å². The normalized spacial score (nSPS) is 10.6. The molecular weight excluding hydrogens is 336 g/mol. The maximum Gasteiger partial charge on any atom is 0.257 e. The first-order chi connectivity index (χ1) is 12.3. The third-order valence-corrected chi connectivity index (χ3v) is 4.28. The highest BCUT2D eigenvalue weighted by atomic mass is 32.2. The second-order valence-electron chi connectivity index (χ2n) is 5.25. The molecular formula is C19H18N2O3S. The highest BCUT2D eigenvalue weighted by molar-refractivity contribution is 7.99. The van der Waals surface area contributed by atoms with Gasteiger partial charge in [0, 0.05) is 17.7 Å². The molecule has 1 heterocycles. The Morgan fingerprint density at radius 3 is 2.32 bits per heavy atom. The lowest BCUT2D eigenvalue weighted by Crippen LogP contribution is -2.27. The van der Waals surface area contributed by atoms with Gasteiger partial charge in [-0.1, -0.05) is 72.4 Å². The monoisotopic (exact) mass is 354 g/mol. The molecule has 3 rings (SSSR count). The molecule has 0 fully saturated rings. The first-order valence-corrected chi connectivity index (χ1v) is 8.88. The average Bonchev–Trinajstić information content (AvgIpc) is 3.10. The van der Waals surface area contributed by atoms with Gasteiger partial charge in [0.1, 0.15) is 5.69 Å². The van der Waals surface area contributed by atoms with Crippen LogP contribution in [-0.4, -0.2) is 34.9 Å². The minimum absolute atomic E-state index is 0.0777. The molecule has 2 N–H and O–H groups in total. The van der Waals surface area contributed by atoms with E-state index in [-0.39, 0.29) is 24.8 Å². The molecule has 0 saturated carbocycles. The number of carbonyl (C=O) groups is 1. The van der Waals surface area contributed by atoms with Crippen molar-refractivity contribution in [3.8, 4) is 22.6 Å². The topological polar surface area (TPSA) is 75.4 Å². The van der Waals surface area contributed by atoms with Crippen LogP contribution in [0.4, 0.5) is 0 Å². The van der Waals surface area contributed by atoms with Crippen molar-refractivity contribution in [3.63, 3.8) is 0 Å². The Morgan fingerprint density at radius 1 is 1.04 bits per heavy atom. The highest BCUT2D eigenvalue weighted by Gasteiger charge is 2.17. The van der Waals surface area contributed by atoms with Crippen LogP contribution in [0.1, 0.15) is 0 Å². The number of hydrogen-bond acceptors (Lipinski definition) is 5. The number of carbonyl (C=O) groups excluding carboxylic acids is 1. The molecule has 1 aromatic heterocycles. The van der Waals surface area contributed by atoms with Crippen molar-refractivity contribution in [2.45, 2.75) is 5.22 Å². The van der Waals surface area contributed by atoms with Gasteiger partial charge in [-0.15, -0.1) is 0 Å². The van der Waals surface area contributed by atoms with Crippen molar-refractivity contribution in [1.82, 2.24) is 10.3 Å². The number of hydrogen-bond donors (Lipinski definition) is 2. The second-order valence-corrected chi connectivity index (χ2v) is 6.18. The number of aliphatic hydroxyl groups is 1. The number of amides is 1. The third-order valence-electron chi connectivity index (χ3n) is 3.45. The molecule has 3 aromatic rings. The van der Waals surface area contributed by atoms with E-state index >= 15 is 0 Å². The van der Waals surface area contributed by atoms with Crippen molar-refractivity contribution in [2.75, 3.05) is 18.9 Å². The molecule has 0 spiro atoms. The molecule has 0 aliphatic rings. The smallest absolute Gasteiger partial charge is 0.257 e. The molecule has 0 aliphatic carbocycles. The molecule has 1 amide bonds. The molecule has 0 radical (unpaired) electrons. The number of nitrogens with one attached hydrogen (secondary N) is 1. The Hall–Kier alpha value is -2.57. The van der Waals surface area contributed by atoms with Gasteiger partial charge in [-0.25, -0.2) is 4.98 Å². The molecule has 2 aromatic carbocycles. The molecule has 0 unspecified atom stereocenters. The van der Waals surface area contributed by atoms with Crippen LogP contribution >= 0.6 is 11.8 Å². The number of rotatable bonds is 7. The van der Waals surface area contributed by atoms with Gasteiger partial charge in [0.25, 0.3) is 5.22 Å². The van der Waals surface area contributed by atoms with Crippen LogP contribution < -0.4 is 5.32 Å². The van der Waals surface area contributed by atoms with Crippen LogP contribution in [0.25, 0.3) is 22.6 Å². The zero-order chi connectivity index (χ0) is 17.5. The van der Waals surface area contributed by atoms with Gasteiger partial charge in [0.05, 0.1) is 12.4 Å². The number of oxazole rings is 1. The predicted molar refractivity (Wildman–Crippen MR) is 98.2 cm³/mol. The van der Waals surface area contributed by atoms with E-state index < -0.39 is 0 Å². The van der Waals surface area contributed by atoms with Crippen LogP contribution in [0, 0.1) is 0 Å². The summed E-state index contributed by atoms with van der Waals surface area (Å²) in [6.45, 7) is 0.168. The lowest BCUT2D eigenvalue weighted by Gasteiger charge is -2.01. The fourth-order valence-corrected chi connectivity index (χ4v) is 2.97. The zero-order valence-electron chi connectivity index (χ0n) is 13.5. The van der Waals surface area contributed by atoms with Crippen molar-refractivity contribution in [3.05, 3.63) is 60.7 Å². The van der Waals surface area contributed by atoms with E-state index in [2.05, 4.69) is 10.3 Å². The molecule has 5 nitrogen and oxygen atoms in total. The first-order valence-electron chi connectivity index (χ1n) is 7.90.